The molecule has 0 spiro atoms. The van der Waals surface area contributed by atoms with Crippen molar-refractivity contribution in [3.8, 4) is 0 Å². The van der Waals surface area contributed by atoms with Gasteiger partial charge in [0, 0.05) is 43.5 Å². The van der Waals surface area contributed by atoms with Crippen LogP contribution in [0, 0.1) is 25.7 Å². The molecule has 1 N–H and O–H groups in total. The molecule has 2 aliphatic carbocycles. The zero-order valence-electron chi connectivity index (χ0n) is 29.0. The molecule has 0 radical (unpaired) electrons. The molecular formula is C32H51ClN2O10S4. The molecule has 0 unspecified atom stereocenters. The average molecular weight is 787 g/mol. The van der Waals surface area contributed by atoms with Crippen molar-refractivity contribution in [2.45, 2.75) is 87.1 Å². The molecule has 0 aliphatic heterocycles. The summed E-state index contributed by atoms with van der Waals surface area (Å²) < 4.78 is 99.5. The third kappa shape index (κ3) is 14.9. The van der Waals surface area contributed by atoms with E-state index < -0.39 is 39.2 Å². The molecule has 12 nitrogen and oxygen atoms in total. The number of aliphatic hydroxyl groups excluding tert-OH is 1. The standard InChI is InChI=1S/C16H25NO5S2.C9H19NO3S.C7H7ClO2S/c1-13-4-10-16(11-5-13)24(20,21)22-12-14-6-8-15(9-7-14)17(2)23(3,18)19;1-10(14(2,12)13)9-5-3-8(7-11)4-6-9;1-6-2-4-7(5-3-6)11(8,9)10/h4-5,10-11,14-15H,6-9,12H2,1-3H3;8-9,11H,3-7H2,1-2H3;2-5H,1H3. The Hall–Kier alpha value is -1.63. The van der Waals surface area contributed by atoms with Crippen LogP contribution >= 0.6 is 10.7 Å². The highest BCUT2D eigenvalue weighted by atomic mass is 35.7. The van der Waals surface area contributed by atoms with E-state index in [0.717, 1.165) is 62.5 Å². The zero-order chi connectivity index (χ0) is 37.2. The molecular weight excluding hydrogens is 736 g/mol. The first kappa shape index (κ1) is 43.5. The molecule has 2 aromatic carbocycles. The predicted octanol–water partition coefficient (Wildman–Crippen LogP) is 4.50. The first-order chi connectivity index (χ1) is 22.5. The minimum Gasteiger partial charge on any atom is -0.396 e. The van der Waals surface area contributed by atoms with Gasteiger partial charge < -0.3 is 5.11 Å². The summed E-state index contributed by atoms with van der Waals surface area (Å²) in [6.45, 7) is 4.15. The van der Waals surface area contributed by atoms with Crippen LogP contribution in [0.3, 0.4) is 0 Å². The Morgan fingerprint density at radius 3 is 1.31 bits per heavy atom. The smallest absolute Gasteiger partial charge is 0.296 e. The van der Waals surface area contributed by atoms with Crippen LogP contribution in [-0.4, -0.2) is 99.3 Å². The maximum Gasteiger partial charge on any atom is 0.296 e. The Bertz CT molecular complexity index is 1750. The van der Waals surface area contributed by atoms with E-state index in [2.05, 4.69) is 0 Å². The molecule has 49 heavy (non-hydrogen) atoms. The van der Waals surface area contributed by atoms with Gasteiger partial charge in [0.15, 0.2) is 0 Å². The fourth-order valence-electron chi connectivity index (χ4n) is 5.57. The van der Waals surface area contributed by atoms with Crippen LogP contribution in [0.15, 0.2) is 58.3 Å². The number of rotatable bonds is 10. The molecule has 0 bridgehead atoms. The lowest BCUT2D eigenvalue weighted by atomic mass is 9.87. The Labute approximate surface area is 298 Å². The van der Waals surface area contributed by atoms with E-state index in [4.69, 9.17) is 20.0 Å². The number of hydrogen-bond acceptors (Lipinski definition) is 10. The predicted molar refractivity (Wildman–Crippen MR) is 192 cm³/mol. The summed E-state index contributed by atoms with van der Waals surface area (Å²) in [6.07, 6.45) is 9.01. The normalized spacial score (nSPS) is 22.1. The highest BCUT2D eigenvalue weighted by molar-refractivity contribution is 8.13. The molecule has 0 atom stereocenters. The van der Waals surface area contributed by atoms with Gasteiger partial charge in [-0.05, 0) is 101 Å². The topological polar surface area (TPSA) is 172 Å². The second-order valence-electron chi connectivity index (χ2n) is 12.9. The molecule has 0 saturated heterocycles. The average Bonchev–Trinajstić information content (AvgIpc) is 3.03. The van der Waals surface area contributed by atoms with E-state index in [1.165, 1.54) is 33.3 Å². The number of sulfonamides is 2. The lowest BCUT2D eigenvalue weighted by molar-refractivity contribution is 0.159. The van der Waals surface area contributed by atoms with Crippen molar-refractivity contribution in [2.75, 3.05) is 39.8 Å². The van der Waals surface area contributed by atoms with Gasteiger partial charge in [-0.15, -0.1) is 0 Å². The number of aryl methyl sites for hydroxylation is 2. The summed E-state index contributed by atoms with van der Waals surface area (Å²) in [6, 6.07) is 13.1. The van der Waals surface area contributed by atoms with E-state index in [1.807, 2.05) is 13.8 Å². The van der Waals surface area contributed by atoms with Crippen LogP contribution in [-0.2, 0) is 43.4 Å². The lowest BCUT2D eigenvalue weighted by Gasteiger charge is -2.33. The van der Waals surface area contributed by atoms with Gasteiger partial charge in [0.05, 0.1) is 28.9 Å². The van der Waals surface area contributed by atoms with Gasteiger partial charge in [0.1, 0.15) is 0 Å². The van der Waals surface area contributed by atoms with Crippen LogP contribution in [0.1, 0.15) is 62.5 Å². The van der Waals surface area contributed by atoms with Crippen molar-refractivity contribution in [1.82, 2.24) is 8.61 Å². The Balaban J connectivity index is 0.000000282. The van der Waals surface area contributed by atoms with Crippen LogP contribution in [0.5, 0.6) is 0 Å². The minimum atomic E-state index is -3.74. The quantitative estimate of drug-likeness (QED) is 0.267. The molecule has 0 heterocycles. The van der Waals surface area contributed by atoms with E-state index in [1.54, 1.807) is 50.5 Å². The summed E-state index contributed by atoms with van der Waals surface area (Å²) in [5.41, 5.74) is 2.00. The summed E-state index contributed by atoms with van der Waals surface area (Å²) in [5.74, 6) is 0.508. The van der Waals surface area contributed by atoms with Crippen molar-refractivity contribution >= 4 is 49.9 Å². The minimum absolute atomic E-state index is 0.00930. The van der Waals surface area contributed by atoms with E-state index >= 15 is 0 Å². The van der Waals surface area contributed by atoms with Gasteiger partial charge in [0.25, 0.3) is 19.2 Å². The number of nitrogens with zero attached hydrogens (tertiary/aromatic N) is 2. The van der Waals surface area contributed by atoms with Gasteiger partial charge >= 0.3 is 0 Å². The number of halogens is 1. The first-order valence-electron chi connectivity index (χ1n) is 16.0. The van der Waals surface area contributed by atoms with Gasteiger partial charge in [-0.1, -0.05) is 35.4 Å². The maximum atomic E-state index is 12.2. The molecule has 280 valence electrons. The third-order valence-electron chi connectivity index (χ3n) is 9.04. The largest absolute Gasteiger partial charge is 0.396 e. The Morgan fingerprint density at radius 1 is 0.633 bits per heavy atom. The molecule has 4 rings (SSSR count). The van der Waals surface area contributed by atoms with Crippen molar-refractivity contribution < 1.29 is 43.0 Å². The van der Waals surface area contributed by atoms with Crippen LogP contribution in [0.25, 0.3) is 0 Å². The molecule has 2 saturated carbocycles. The summed E-state index contributed by atoms with van der Waals surface area (Å²) in [4.78, 5) is 0.309. The van der Waals surface area contributed by atoms with Gasteiger partial charge in [-0.3, -0.25) is 4.18 Å². The second kappa shape index (κ2) is 18.7. The van der Waals surface area contributed by atoms with Crippen LogP contribution < -0.4 is 0 Å². The van der Waals surface area contributed by atoms with Gasteiger partial charge in [-0.25, -0.2) is 33.9 Å². The van der Waals surface area contributed by atoms with Crippen molar-refractivity contribution in [3.05, 3.63) is 59.7 Å². The van der Waals surface area contributed by atoms with Gasteiger partial charge in [-0.2, -0.15) is 8.42 Å². The SMILES string of the molecule is CN(C1CCC(CO)CC1)S(C)(=O)=O.Cc1ccc(S(=O)(=O)Cl)cc1.Cc1ccc(S(=O)(=O)OCC2CCC(N(C)S(C)(=O)=O)CC2)cc1. The van der Waals surface area contributed by atoms with Crippen molar-refractivity contribution in [2.24, 2.45) is 11.8 Å². The zero-order valence-corrected chi connectivity index (χ0v) is 33.0. The lowest BCUT2D eigenvalue weighted by Crippen LogP contribution is -2.39. The number of benzene rings is 2. The summed E-state index contributed by atoms with van der Waals surface area (Å²) in [5, 5.41) is 8.94. The highest BCUT2D eigenvalue weighted by Gasteiger charge is 2.30. The highest BCUT2D eigenvalue weighted by Crippen LogP contribution is 2.30. The number of hydrogen-bond donors (Lipinski definition) is 1. The number of aliphatic hydroxyl groups is 1. The molecule has 2 aliphatic rings. The Kier molecular flexibility index (Phi) is 16.6. The molecule has 2 fully saturated rings. The molecule has 17 heteroatoms. The van der Waals surface area contributed by atoms with Crippen LogP contribution in [0.4, 0.5) is 0 Å². The van der Waals surface area contributed by atoms with Crippen molar-refractivity contribution in [1.29, 1.82) is 0 Å². The Morgan fingerprint density at radius 2 is 0.980 bits per heavy atom. The molecule has 2 aromatic rings. The summed E-state index contributed by atoms with van der Waals surface area (Å²) in [7, 11) is -5.21. The molecule has 0 amide bonds. The molecule has 0 aromatic heterocycles. The van der Waals surface area contributed by atoms with Gasteiger partial charge in [0.2, 0.25) is 20.0 Å². The summed E-state index contributed by atoms with van der Waals surface area (Å²) >= 11 is 0. The third-order valence-corrected chi connectivity index (χ3v) is 14.4. The van der Waals surface area contributed by atoms with E-state index in [0.29, 0.717) is 5.92 Å². The first-order valence-corrected chi connectivity index (χ1v) is 23.4. The van der Waals surface area contributed by atoms with E-state index in [-0.39, 0.29) is 41.0 Å². The maximum absolute atomic E-state index is 12.2. The van der Waals surface area contributed by atoms with Crippen LogP contribution in [0.2, 0.25) is 0 Å². The monoisotopic (exact) mass is 786 g/mol. The second-order valence-corrected chi connectivity index (χ2v) is 21.2. The fourth-order valence-corrected chi connectivity index (χ4v) is 8.82. The van der Waals surface area contributed by atoms with Crippen molar-refractivity contribution in [3.63, 3.8) is 0 Å². The fraction of sp³-hybridized carbons (Fsp3) is 0.625. The van der Waals surface area contributed by atoms with E-state index in [9.17, 15) is 33.7 Å².